The summed E-state index contributed by atoms with van der Waals surface area (Å²) in [5.41, 5.74) is 0. The van der Waals surface area contributed by atoms with Gasteiger partial charge in [0.1, 0.15) is 0 Å². The summed E-state index contributed by atoms with van der Waals surface area (Å²) in [7, 11) is -3.36. The SMILES string of the molecule is NS(=O)(=O)CC1CC2CCCC2O1. The van der Waals surface area contributed by atoms with Gasteiger partial charge in [-0.2, -0.15) is 0 Å². The molecule has 0 radical (unpaired) electrons. The summed E-state index contributed by atoms with van der Waals surface area (Å²) >= 11 is 0. The highest BCUT2D eigenvalue weighted by Crippen LogP contribution is 2.38. The third-order valence-corrected chi connectivity index (χ3v) is 3.78. The van der Waals surface area contributed by atoms with E-state index in [9.17, 15) is 8.42 Å². The number of ether oxygens (including phenoxy) is 1. The molecule has 1 saturated heterocycles. The molecule has 2 N–H and O–H groups in total. The average molecular weight is 205 g/mol. The normalized spacial score (nSPS) is 39.3. The number of rotatable bonds is 2. The summed E-state index contributed by atoms with van der Waals surface area (Å²) in [6, 6.07) is 0. The smallest absolute Gasteiger partial charge is 0.211 e. The van der Waals surface area contributed by atoms with E-state index in [4.69, 9.17) is 9.88 Å². The van der Waals surface area contributed by atoms with E-state index >= 15 is 0 Å². The molecule has 2 fully saturated rings. The molecule has 2 rings (SSSR count). The van der Waals surface area contributed by atoms with Crippen LogP contribution < -0.4 is 5.14 Å². The van der Waals surface area contributed by atoms with Crippen LogP contribution in [-0.4, -0.2) is 26.4 Å². The Balaban J connectivity index is 1.92. The van der Waals surface area contributed by atoms with Crippen LogP contribution in [0.1, 0.15) is 25.7 Å². The van der Waals surface area contributed by atoms with Crippen molar-refractivity contribution in [2.45, 2.75) is 37.9 Å². The van der Waals surface area contributed by atoms with Crippen LogP contribution in [0.4, 0.5) is 0 Å². The van der Waals surface area contributed by atoms with E-state index in [2.05, 4.69) is 0 Å². The molecule has 3 unspecified atom stereocenters. The van der Waals surface area contributed by atoms with Gasteiger partial charge in [-0.25, -0.2) is 13.6 Å². The lowest BCUT2D eigenvalue weighted by molar-refractivity contribution is 0.0529. The molecule has 0 aromatic rings. The van der Waals surface area contributed by atoms with E-state index in [1.807, 2.05) is 0 Å². The molecule has 0 spiro atoms. The molecule has 1 aliphatic carbocycles. The van der Waals surface area contributed by atoms with Crippen molar-refractivity contribution < 1.29 is 13.2 Å². The Bertz CT molecular complexity index is 276. The van der Waals surface area contributed by atoms with Crippen LogP contribution in [0.15, 0.2) is 0 Å². The van der Waals surface area contributed by atoms with Gasteiger partial charge in [-0.15, -0.1) is 0 Å². The Morgan fingerprint density at radius 2 is 2.15 bits per heavy atom. The van der Waals surface area contributed by atoms with E-state index in [1.54, 1.807) is 0 Å². The van der Waals surface area contributed by atoms with Crippen LogP contribution >= 0.6 is 0 Å². The Morgan fingerprint density at radius 3 is 2.77 bits per heavy atom. The lowest BCUT2D eigenvalue weighted by Crippen LogP contribution is -2.26. The van der Waals surface area contributed by atoms with Crippen LogP contribution in [0.2, 0.25) is 0 Å². The lowest BCUT2D eigenvalue weighted by Gasteiger charge is -2.10. The van der Waals surface area contributed by atoms with Gasteiger partial charge in [0.15, 0.2) is 0 Å². The predicted molar refractivity (Wildman–Crippen MR) is 48.6 cm³/mol. The molecule has 0 aromatic heterocycles. The zero-order chi connectivity index (χ0) is 9.47. The maximum atomic E-state index is 10.8. The third-order valence-electron chi connectivity index (χ3n) is 2.94. The van der Waals surface area contributed by atoms with Gasteiger partial charge in [-0.1, -0.05) is 6.42 Å². The van der Waals surface area contributed by atoms with Crippen molar-refractivity contribution in [1.82, 2.24) is 0 Å². The number of hydrogen-bond acceptors (Lipinski definition) is 3. The van der Waals surface area contributed by atoms with Gasteiger partial charge < -0.3 is 4.74 Å². The van der Waals surface area contributed by atoms with Crippen LogP contribution in [0.5, 0.6) is 0 Å². The van der Waals surface area contributed by atoms with Gasteiger partial charge in [0.25, 0.3) is 0 Å². The Hall–Kier alpha value is -0.130. The number of hydrogen-bond donors (Lipinski definition) is 1. The first-order valence-corrected chi connectivity index (χ1v) is 6.42. The summed E-state index contributed by atoms with van der Waals surface area (Å²) in [5, 5.41) is 4.96. The molecule has 76 valence electrons. The minimum atomic E-state index is -3.36. The third kappa shape index (κ3) is 2.21. The van der Waals surface area contributed by atoms with Crippen LogP contribution in [0, 0.1) is 5.92 Å². The van der Waals surface area contributed by atoms with Crippen molar-refractivity contribution in [2.75, 3.05) is 5.75 Å². The van der Waals surface area contributed by atoms with E-state index in [1.165, 1.54) is 12.8 Å². The van der Waals surface area contributed by atoms with Crippen molar-refractivity contribution >= 4 is 10.0 Å². The fourth-order valence-electron chi connectivity index (χ4n) is 2.46. The van der Waals surface area contributed by atoms with Gasteiger partial charge in [-0.3, -0.25) is 0 Å². The average Bonchev–Trinajstić information content (AvgIpc) is 2.40. The van der Waals surface area contributed by atoms with Crippen molar-refractivity contribution in [2.24, 2.45) is 11.1 Å². The highest BCUT2D eigenvalue weighted by Gasteiger charge is 2.39. The summed E-state index contributed by atoms with van der Waals surface area (Å²) in [4.78, 5) is 0. The maximum absolute atomic E-state index is 10.8. The minimum absolute atomic E-state index is 0.0139. The molecule has 5 heteroatoms. The molecule has 0 aromatic carbocycles. The first kappa shape index (κ1) is 9.43. The van der Waals surface area contributed by atoms with Crippen LogP contribution in [-0.2, 0) is 14.8 Å². The first-order chi connectivity index (χ1) is 6.04. The number of fused-ring (bicyclic) bond motifs is 1. The second kappa shape index (κ2) is 3.22. The van der Waals surface area contributed by atoms with Crippen molar-refractivity contribution in [3.05, 3.63) is 0 Å². The Kier molecular flexibility index (Phi) is 2.33. The zero-order valence-corrected chi connectivity index (χ0v) is 8.29. The van der Waals surface area contributed by atoms with Crippen molar-refractivity contribution in [3.8, 4) is 0 Å². The lowest BCUT2D eigenvalue weighted by atomic mass is 10.0. The largest absolute Gasteiger partial charge is 0.374 e. The Morgan fingerprint density at radius 1 is 1.38 bits per heavy atom. The molecule has 1 saturated carbocycles. The molecular weight excluding hydrogens is 190 g/mol. The fraction of sp³-hybridized carbons (Fsp3) is 1.00. The van der Waals surface area contributed by atoms with Gasteiger partial charge in [0.05, 0.1) is 18.0 Å². The van der Waals surface area contributed by atoms with E-state index in [0.29, 0.717) is 12.0 Å². The van der Waals surface area contributed by atoms with Crippen molar-refractivity contribution in [1.29, 1.82) is 0 Å². The molecule has 13 heavy (non-hydrogen) atoms. The summed E-state index contributed by atoms with van der Waals surface area (Å²) in [6.07, 6.45) is 4.54. The predicted octanol–water partition coefficient (Wildman–Crippen LogP) is 0.232. The highest BCUT2D eigenvalue weighted by atomic mass is 32.2. The summed E-state index contributed by atoms with van der Waals surface area (Å²) < 4.78 is 27.2. The Labute approximate surface area is 78.5 Å². The molecule has 1 heterocycles. The molecule has 3 atom stereocenters. The fourth-order valence-corrected chi connectivity index (χ4v) is 3.19. The number of primary sulfonamides is 1. The number of sulfonamides is 1. The number of nitrogens with two attached hydrogens (primary N) is 1. The molecule has 4 nitrogen and oxygen atoms in total. The molecular formula is C8H15NO3S. The molecule has 0 bridgehead atoms. The summed E-state index contributed by atoms with van der Waals surface area (Å²) in [6.45, 7) is 0. The van der Waals surface area contributed by atoms with E-state index < -0.39 is 10.0 Å². The quantitative estimate of drug-likeness (QED) is 0.701. The standard InChI is InChI=1S/C8H15NO3S/c9-13(10,11)5-7-4-6-2-1-3-8(6)12-7/h6-8H,1-5H2,(H2,9,10,11). The minimum Gasteiger partial charge on any atom is -0.374 e. The van der Waals surface area contributed by atoms with Crippen molar-refractivity contribution in [3.63, 3.8) is 0 Å². The first-order valence-electron chi connectivity index (χ1n) is 4.70. The van der Waals surface area contributed by atoms with Crippen LogP contribution in [0.3, 0.4) is 0 Å². The maximum Gasteiger partial charge on any atom is 0.211 e. The second-order valence-corrected chi connectivity index (χ2v) is 5.71. The van der Waals surface area contributed by atoms with E-state index in [0.717, 1.165) is 12.8 Å². The second-order valence-electron chi connectivity index (χ2n) is 4.05. The highest BCUT2D eigenvalue weighted by molar-refractivity contribution is 7.89. The monoisotopic (exact) mass is 205 g/mol. The molecule has 2 aliphatic rings. The summed E-state index contributed by atoms with van der Waals surface area (Å²) in [5.74, 6) is 0.576. The van der Waals surface area contributed by atoms with Crippen LogP contribution in [0.25, 0.3) is 0 Å². The topological polar surface area (TPSA) is 69.4 Å². The molecule has 0 amide bonds. The van der Waals surface area contributed by atoms with Gasteiger partial charge >= 0.3 is 0 Å². The van der Waals surface area contributed by atoms with Gasteiger partial charge in [-0.05, 0) is 25.2 Å². The van der Waals surface area contributed by atoms with Gasteiger partial charge in [0.2, 0.25) is 10.0 Å². The van der Waals surface area contributed by atoms with E-state index in [-0.39, 0.29) is 11.9 Å². The van der Waals surface area contributed by atoms with Gasteiger partial charge in [0, 0.05) is 0 Å². The molecule has 1 aliphatic heterocycles. The zero-order valence-electron chi connectivity index (χ0n) is 7.48.